The monoisotopic (exact) mass is 651 g/mol. The highest BCUT2D eigenvalue weighted by molar-refractivity contribution is 7.89. The van der Waals surface area contributed by atoms with Gasteiger partial charge in [0.2, 0.25) is 16.0 Å². The lowest BCUT2D eigenvalue weighted by molar-refractivity contribution is -0.141. The van der Waals surface area contributed by atoms with E-state index in [1.165, 1.54) is 40.6 Å². The molecule has 1 amide bonds. The van der Waals surface area contributed by atoms with Crippen LogP contribution in [0.1, 0.15) is 21.7 Å². The molecule has 0 spiro atoms. The fraction of sp³-hybridized carbons (Fsp3) is 0.296. The second kappa shape index (κ2) is 12.9. The van der Waals surface area contributed by atoms with Gasteiger partial charge in [-0.1, -0.05) is 0 Å². The number of sulfonamides is 1. The van der Waals surface area contributed by atoms with Gasteiger partial charge in [-0.25, -0.2) is 22.8 Å². The van der Waals surface area contributed by atoms with Crippen LogP contribution in [0.25, 0.3) is 16.9 Å². The maximum Gasteiger partial charge on any atom is 0.435 e. The van der Waals surface area contributed by atoms with Gasteiger partial charge in [-0.2, -0.15) is 23.3 Å². The van der Waals surface area contributed by atoms with Crippen molar-refractivity contribution in [2.45, 2.75) is 19.6 Å². The topological polar surface area (TPSA) is 169 Å². The summed E-state index contributed by atoms with van der Waals surface area (Å²) in [6, 6.07) is 6.77. The van der Waals surface area contributed by atoms with Gasteiger partial charge >= 0.3 is 6.18 Å². The molecule has 0 unspecified atom stereocenters. The highest BCUT2D eigenvalue weighted by Crippen LogP contribution is 2.33. The number of alkyl halides is 3. The zero-order chi connectivity index (χ0) is 33.1. The summed E-state index contributed by atoms with van der Waals surface area (Å²) in [5.74, 6) is -0.552. The number of amides is 1. The van der Waals surface area contributed by atoms with E-state index < -0.39 is 38.9 Å². The summed E-state index contributed by atoms with van der Waals surface area (Å²) >= 11 is 0. The molecule has 0 radical (unpaired) electrons. The zero-order valence-electron chi connectivity index (χ0n) is 24.6. The summed E-state index contributed by atoms with van der Waals surface area (Å²) in [6.07, 6.45) is -1.45. The lowest BCUT2D eigenvalue weighted by Crippen LogP contribution is -2.36. The normalized spacial score (nSPS) is 11.7. The van der Waals surface area contributed by atoms with Crippen molar-refractivity contribution in [2.24, 2.45) is 0 Å². The van der Waals surface area contributed by atoms with Crippen LogP contribution >= 0.6 is 0 Å². The van der Waals surface area contributed by atoms with Crippen LogP contribution < -0.4 is 25.1 Å². The van der Waals surface area contributed by atoms with Crippen LogP contribution in [0.3, 0.4) is 0 Å². The minimum absolute atomic E-state index is 0.0416. The lowest BCUT2D eigenvalue weighted by Gasteiger charge is -2.16. The van der Waals surface area contributed by atoms with Gasteiger partial charge in [-0.15, -0.1) is 0 Å². The number of aryl methyl sites for hydroxylation is 1. The number of hydrogen-bond acceptors (Lipinski definition) is 11. The summed E-state index contributed by atoms with van der Waals surface area (Å²) in [5, 5.41) is 6.68. The van der Waals surface area contributed by atoms with Crippen LogP contribution in [0, 0.1) is 6.92 Å². The number of pyridine rings is 1. The average Bonchev–Trinajstić information content (AvgIpc) is 3.37. The van der Waals surface area contributed by atoms with Gasteiger partial charge in [0, 0.05) is 66.8 Å². The number of halogens is 3. The van der Waals surface area contributed by atoms with E-state index in [9.17, 15) is 31.2 Å². The first-order valence-corrected chi connectivity index (χ1v) is 14.8. The number of benzene rings is 1. The predicted molar refractivity (Wildman–Crippen MR) is 156 cm³/mol. The lowest BCUT2D eigenvalue weighted by atomic mass is 10.1. The third-order valence-electron chi connectivity index (χ3n) is 6.21. The molecule has 3 aromatic heterocycles. The maximum atomic E-state index is 13.6. The van der Waals surface area contributed by atoms with Crippen LogP contribution in [0.15, 0.2) is 47.5 Å². The highest BCUT2D eigenvalue weighted by Gasteiger charge is 2.35. The molecule has 0 aliphatic heterocycles. The summed E-state index contributed by atoms with van der Waals surface area (Å²) in [5.41, 5.74) is -1.95. The summed E-state index contributed by atoms with van der Waals surface area (Å²) in [6.45, 7) is 1.38. The van der Waals surface area contributed by atoms with E-state index in [0.29, 0.717) is 17.2 Å². The van der Waals surface area contributed by atoms with Gasteiger partial charge in [0.25, 0.3) is 11.5 Å². The Morgan fingerprint density at radius 2 is 1.71 bits per heavy atom. The first-order chi connectivity index (χ1) is 21.1. The van der Waals surface area contributed by atoms with Crippen molar-refractivity contribution in [1.29, 1.82) is 0 Å². The molecule has 18 heteroatoms. The van der Waals surface area contributed by atoms with Gasteiger partial charge in [-0.3, -0.25) is 9.59 Å². The fourth-order valence-electron chi connectivity index (χ4n) is 4.16. The number of methoxy groups -OCH3 is 3. The van der Waals surface area contributed by atoms with E-state index in [4.69, 9.17) is 14.2 Å². The van der Waals surface area contributed by atoms with Crippen molar-refractivity contribution in [1.82, 2.24) is 29.0 Å². The molecule has 4 rings (SSSR count). The van der Waals surface area contributed by atoms with E-state index in [1.54, 1.807) is 22.9 Å². The van der Waals surface area contributed by atoms with Crippen LogP contribution in [0.4, 0.5) is 24.8 Å². The van der Waals surface area contributed by atoms with E-state index in [-0.39, 0.29) is 41.7 Å². The molecule has 0 fully saturated rings. The fourth-order valence-corrected chi connectivity index (χ4v) is 4.61. The largest absolute Gasteiger partial charge is 0.497 e. The van der Waals surface area contributed by atoms with Crippen molar-refractivity contribution < 1.29 is 40.6 Å². The molecule has 0 aliphatic rings. The van der Waals surface area contributed by atoms with E-state index in [0.717, 1.165) is 27.6 Å². The van der Waals surface area contributed by atoms with Crippen LogP contribution in [-0.4, -0.2) is 72.8 Å². The molecule has 240 valence electrons. The standard InChI is InChI=1S/C27H28F3N7O7S/c1-15-8-22(27(28,29)30)34-37(15)23-21(13-31-26(33-23)32-17-10-18(43-3)12-19(11-17)44-4)16-9-20(24(38)35-45(5,40)41)25(39)36(14-16)6-7-42-2/h8-14H,6-7H2,1-5H3,(H,35,38)(H,31,32,33). The summed E-state index contributed by atoms with van der Waals surface area (Å²) in [4.78, 5) is 34.7. The molecule has 4 aromatic rings. The van der Waals surface area contributed by atoms with Crippen molar-refractivity contribution in [2.75, 3.05) is 39.5 Å². The molecule has 1 aromatic carbocycles. The number of carbonyl (C=O) groups excluding carboxylic acids is 1. The van der Waals surface area contributed by atoms with Gasteiger partial charge < -0.3 is 24.1 Å². The van der Waals surface area contributed by atoms with Gasteiger partial charge in [-0.05, 0) is 19.1 Å². The average molecular weight is 652 g/mol. The minimum Gasteiger partial charge on any atom is -0.497 e. The molecule has 3 heterocycles. The summed E-state index contributed by atoms with van der Waals surface area (Å²) in [7, 11) is 0.248. The van der Waals surface area contributed by atoms with E-state index >= 15 is 0 Å². The molecule has 0 saturated carbocycles. The number of anilines is 2. The first kappa shape index (κ1) is 32.9. The molecule has 14 nitrogen and oxygen atoms in total. The second-order valence-electron chi connectivity index (χ2n) is 9.57. The van der Waals surface area contributed by atoms with Gasteiger partial charge in [0.05, 0.1) is 27.1 Å². The third kappa shape index (κ3) is 7.76. The van der Waals surface area contributed by atoms with Crippen LogP contribution in [0.5, 0.6) is 11.5 Å². The molecule has 2 N–H and O–H groups in total. The Hall–Kier alpha value is -4.97. The summed E-state index contributed by atoms with van der Waals surface area (Å²) < 4.78 is 83.8. The Bertz CT molecular complexity index is 1890. The number of rotatable bonds is 11. The van der Waals surface area contributed by atoms with Crippen molar-refractivity contribution in [3.05, 3.63) is 70.0 Å². The smallest absolute Gasteiger partial charge is 0.435 e. The third-order valence-corrected chi connectivity index (χ3v) is 6.77. The van der Waals surface area contributed by atoms with E-state index in [1.807, 2.05) is 0 Å². The number of nitrogens with one attached hydrogen (secondary N) is 2. The van der Waals surface area contributed by atoms with Crippen molar-refractivity contribution >= 4 is 27.6 Å². The molecule has 0 bridgehead atoms. The number of hydrogen-bond donors (Lipinski definition) is 2. The van der Waals surface area contributed by atoms with Crippen LogP contribution in [-0.2, 0) is 27.5 Å². The first-order valence-electron chi connectivity index (χ1n) is 12.9. The van der Waals surface area contributed by atoms with E-state index in [2.05, 4.69) is 20.4 Å². The minimum atomic E-state index is -4.77. The van der Waals surface area contributed by atoms with Crippen molar-refractivity contribution in [3.8, 4) is 28.4 Å². The number of carbonyl (C=O) groups is 1. The number of aromatic nitrogens is 5. The SMILES string of the molecule is COCCn1cc(-c2cnc(Nc3cc(OC)cc(OC)c3)nc2-n2nc(C(F)(F)F)cc2C)cc(C(=O)NS(C)(=O)=O)c1=O. The van der Waals surface area contributed by atoms with Gasteiger partial charge in [0.15, 0.2) is 11.5 Å². The molecule has 0 atom stereocenters. The Morgan fingerprint density at radius 1 is 1.04 bits per heavy atom. The number of ether oxygens (including phenoxy) is 3. The zero-order valence-corrected chi connectivity index (χ0v) is 25.4. The maximum absolute atomic E-state index is 13.6. The quantitative estimate of drug-likeness (QED) is 0.245. The Kier molecular flexibility index (Phi) is 9.48. The predicted octanol–water partition coefficient (Wildman–Crippen LogP) is 2.91. The Morgan fingerprint density at radius 3 is 2.27 bits per heavy atom. The van der Waals surface area contributed by atoms with Gasteiger partial charge in [0.1, 0.15) is 17.1 Å². The number of nitrogens with zero attached hydrogens (tertiary/aromatic N) is 5. The molecular weight excluding hydrogens is 623 g/mol. The van der Waals surface area contributed by atoms with Crippen LogP contribution in [0.2, 0.25) is 0 Å². The highest BCUT2D eigenvalue weighted by atomic mass is 32.2. The van der Waals surface area contributed by atoms with Crippen molar-refractivity contribution in [3.63, 3.8) is 0 Å². The molecular formula is C27H28F3N7O7S. The second-order valence-corrected chi connectivity index (χ2v) is 11.3. The Labute approximate surface area is 254 Å². The molecule has 0 saturated heterocycles. The molecule has 45 heavy (non-hydrogen) atoms. The Balaban J connectivity index is 1.95. The molecule has 0 aliphatic carbocycles.